The van der Waals surface area contributed by atoms with Crippen molar-refractivity contribution in [1.82, 2.24) is 4.98 Å². The molecule has 1 aromatic heterocycles. The largest absolute Gasteiger partial charge is 0.385 e. The number of hydrogen-bond acceptors (Lipinski definition) is 2. The van der Waals surface area contributed by atoms with Crippen LogP contribution in [0.1, 0.15) is 24.5 Å². The second kappa shape index (κ2) is 5.80. The van der Waals surface area contributed by atoms with Crippen molar-refractivity contribution in [3.63, 3.8) is 0 Å². The lowest BCUT2D eigenvalue weighted by molar-refractivity contribution is 0.0323. The Bertz CT molecular complexity index is 576. The van der Waals surface area contributed by atoms with Crippen molar-refractivity contribution in [3.05, 3.63) is 64.1 Å². The normalized spacial score (nSPS) is 14.1. The molecule has 0 saturated carbocycles. The van der Waals surface area contributed by atoms with Crippen LogP contribution in [0.25, 0.3) is 0 Å². The minimum absolute atomic E-state index is 0.336. The number of pyridine rings is 1. The molecule has 100 valence electrons. The van der Waals surface area contributed by atoms with E-state index in [2.05, 4.69) is 20.9 Å². The van der Waals surface area contributed by atoms with Crippen molar-refractivity contribution in [2.75, 3.05) is 0 Å². The van der Waals surface area contributed by atoms with Gasteiger partial charge < -0.3 is 5.11 Å². The highest BCUT2D eigenvalue weighted by Crippen LogP contribution is 2.30. The topological polar surface area (TPSA) is 33.1 Å². The molecule has 0 radical (unpaired) electrons. The van der Waals surface area contributed by atoms with Crippen LogP contribution in [0.15, 0.2) is 47.2 Å². The fourth-order valence-electron chi connectivity index (χ4n) is 2.10. The number of halogens is 2. The van der Waals surface area contributed by atoms with E-state index in [1.165, 1.54) is 12.1 Å². The van der Waals surface area contributed by atoms with E-state index in [9.17, 15) is 9.50 Å². The van der Waals surface area contributed by atoms with E-state index >= 15 is 0 Å². The van der Waals surface area contributed by atoms with Crippen LogP contribution in [-0.4, -0.2) is 10.1 Å². The number of rotatable bonds is 4. The Morgan fingerprint density at radius 1 is 1.32 bits per heavy atom. The molecule has 0 bridgehead atoms. The zero-order valence-electron chi connectivity index (χ0n) is 10.6. The van der Waals surface area contributed by atoms with Gasteiger partial charge in [-0.05, 0) is 51.7 Å². The summed E-state index contributed by atoms with van der Waals surface area (Å²) in [7, 11) is 0. The van der Waals surface area contributed by atoms with Crippen LogP contribution in [0.2, 0.25) is 0 Å². The summed E-state index contributed by atoms with van der Waals surface area (Å²) < 4.78 is 14.2. The van der Waals surface area contributed by atoms with Crippen molar-refractivity contribution in [2.24, 2.45) is 0 Å². The van der Waals surface area contributed by atoms with Gasteiger partial charge in [0, 0.05) is 23.3 Å². The summed E-state index contributed by atoms with van der Waals surface area (Å²) in [6.07, 6.45) is 4.31. The monoisotopic (exact) mass is 323 g/mol. The smallest absolute Gasteiger partial charge is 0.123 e. The Hall–Kier alpha value is -1.26. The van der Waals surface area contributed by atoms with Crippen molar-refractivity contribution >= 4 is 15.9 Å². The maximum atomic E-state index is 13.3. The molecule has 2 aromatic rings. The highest BCUT2D eigenvalue weighted by atomic mass is 79.9. The number of hydrogen-bond donors (Lipinski definition) is 1. The third-order valence-corrected chi connectivity index (χ3v) is 3.64. The second-order valence-electron chi connectivity index (χ2n) is 4.58. The van der Waals surface area contributed by atoms with Gasteiger partial charge in [0.25, 0.3) is 0 Å². The van der Waals surface area contributed by atoms with Crippen LogP contribution in [0.5, 0.6) is 0 Å². The molecule has 4 heteroatoms. The lowest BCUT2D eigenvalue weighted by Gasteiger charge is -2.27. The third-order valence-electron chi connectivity index (χ3n) is 3.20. The molecular formula is C15H15BrFNO. The van der Waals surface area contributed by atoms with Crippen LogP contribution >= 0.6 is 15.9 Å². The summed E-state index contributed by atoms with van der Waals surface area (Å²) in [5.41, 5.74) is 0.419. The molecule has 0 spiro atoms. The predicted octanol–water partition coefficient (Wildman–Crippen LogP) is 3.82. The summed E-state index contributed by atoms with van der Waals surface area (Å²) in [6.45, 7) is 1.89. The minimum atomic E-state index is -1.08. The number of nitrogens with zero attached hydrogens (tertiary/aromatic N) is 1. The standard InChI is InChI=1S/C15H15BrFNO/c1-2-15(19,12-4-3-5-14(17)7-12)8-11-6-13(16)10-18-9-11/h3-7,9-10,19H,2,8H2,1H3. The molecule has 1 atom stereocenters. The molecule has 1 N–H and O–H groups in total. The van der Waals surface area contributed by atoms with Gasteiger partial charge in [0.05, 0.1) is 5.60 Å². The average Bonchev–Trinajstić information content (AvgIpc) is 2.38. The van der Waals surface area contributed by atoms with E-state index in [0.717, 1.165) is 10.0 Å². The minimum Gasteiger partial charge on any atom is -0.385 e. The Balaban J connectivity index is 2.32. The van der Waals surface area contributed by atoms with Gasteiger partial charge in [-0.1, -0.05) is 19.1 Å². The number of aliphatic hydroxyl groups is 1. The second-order valence-corrected chi connectivity index (χ2v) is 5.50. The summed E-state index contributed by atoms with van der Waals surface area (Å²) in [6, 6.07) is 8.03. The molecule has 1 unspecified atom stereocenters. The SMILES string of the molecule is CCC(O)(Cc1cncc(Br)c1)c1cccc(F)c1. The summed E-state index contributed by atoms with van der Waals surface area (Å²) in [4.78, 5) is 4.08. The number of benzene rings is 1. The molecule has 0 saturated heterocycles. The highest BCUT2D eigenvalue weighted by Gasteiger charge is 2.28. The van der Waals surface area contributed by atoms with Gasteiger partial charge in [0.2, 0.25) is 0 Å². The van der Waals surface area contributed by atoms with Crippen LogP contribution in [0, 0.1) is 5.82 Å². The van der Waals surface area contributed by atoms with Crippen LogP contribution in [0.4, 0.5) is 4.39 Å². The van der Waals surface area contributed by atoms with Crippen LogP contribution in [-0.2, 0) is 12.0 Å². The van der Waals surface area contributed by atoms with Crippen molar-refractivity contribution < 1.29 is 9.50 Å². The molecule has 1 heterocycles. The molecule has 0 aliphatic heterocycles. The molecular weight excluding hydrogens is 309 g/mol. The lowest BCUT2D eigenvalue weighted by atomic mass is 9.85. The van der Waals surface area contributed by atoms with Gasteiger partial charge in [-0.3, -0.25) is 4.98 Å². The van der Waals surface area contributed by atoms with Crippen molar-refractivity contribution in [2.45, 2.75) is 25.4 Å². The quantitative estimate of drug-likeness (QED) is 0.927. The van der Waals surface area contributed by atoms with E-state index in [-0.39, 0.29) is 5.82 Å². The molecule has 19 heavy (non-hydrogen) atoms. The maximum Gasteiger partial charge on any atom is 0.123 e. The zero-order chi connectivity index (χ0) is 13.9. The first kappa shape index (κ1) is 14.2. The van der Waals surface area contributed by atoms with E-state index in [0.29, 0.717) is 18.4 Å². The van der Waals surface area contributed by atoms with E-state index in [1.54, 1.807) is 24.5 Å². The van der Waals surface area contributed by atoms with Gasteiger partial charge in [0.1, 0.15) is 5.82 Å². The fourth-order valence-corrected chi connectivity index (χ4v) is 2.51. The third kappa shape index (κ3) is 3.39. The van der Waals surface area contributed by atoms with Crippen molar-refractivity contribution in [3.8, 4) is 0 Å². The molecule has 1 aromatic carbocycles. The Kier molecular flexibility index (Phi) is 4.32. The maximum absolute atomic E-state index is 13.3. The van der Waals surface area contributed by atoms with E-state index < -0.39 is 5.60 Å². The summed E-state index contributed by atoms with van der Waals surface area (Å²) >= 11 is 3.36. The fraction of sp³-hybridized carbons (Fsp3) is 0.267. The first-order chi connectivity index (χ1) is 9.03. The summed E-state index contributed by atoms with van der Waals surface area (Å²) in [5.74, 6) is -0.336. The van der Waals surface area contributed by atoms with E-state index in [1.807, 2.05) is 13.0 Å². The van der Waals surface area contributed by atoms with Gasteiger partial charge >= 0.3 is 0 Å². The molecule has 0 aliphatic carbocycles. The predicted molar refractivity (Wildman–Crippen MR) is 76.2 cm³/mol. The van der Waals surface area contributed by atoms with Gasteiger partial charge in [0.15, 0.2) is 0 Å². The Morgan fingerprint density at radius 2 is 2.11 bits per heavy atom. The van der Waals surface area contributed by atoms with Crippen LogP contribution < -0.4 is 0 Å². The Morgan fingerprint density at radius 3 is 2.74 bits per heavy atom. The van der Waals surface area contributed by atoms with E-state index in [4.69, 9.17) is 0 Å². The molecule has 2 nitrogen and oxygen atoms in total. The van der Waals surface area contributed by atoms with Gasteiger partial charge in [-0.25, -0.2) is 4.39 Å². The molecule has 0 aliphatic rings. The van der Waals surface area contributed by atoms with Gasteiger partial charge in [-0.2, -0.15) is 0 Å². The first-order valence-electron chi connectivity index (χ1n) is 6.11. The lowest BCUT2D eigenvalue weighted by Crippen LogP contribution is -2.27. The van der Waals surface area contributed by atoms with Crippen LogP contribution in [0.3, 0.4) is 0 Å². The molecule has 0 fully saturated rings. The summed E-state index contributed by atoms with van der Waals surface area (Å²) in [5, 5.41) is 10.8. The first-order valence-corrected chi connectivity index (χ1v) is 6.90. The Labute approximate surface area is 120 Å². The highest BCUT2D eigenvalue weighted by molar-refractivity contribution is 9.10. The molecule has 2 rings (SSSR count). The van der Waals surface area contributed by atoms with Gasteiger partial charge in [-0.15, -0.1) is 0 Å². The molecule has 0 amide bonds. The number of aromatic nitrogens is 1. The zero-order valence-corrected chi connectivity index (χ0v) is 12.2. The average molecular weight is 324 g/mol. The van der Waals surface area contributed by atoms with Crippen molar-refractivity contribution in [1.29, 1.82) is 0 Å².